The molecule has 0 fully saturated rings. The third-order valence-electron chi connectivity index (χ3n) is 7.98. The highest BCUT2D eigenvalue weighted by Crippen LogP contribution is 2.51. The van der Waals surface area contributed by atoms with E-state index in [1.165, 1.54) is 11.8 Å². The summed E-state index contributed by atoms with van der Waals surface area (Å²) in [6.07, 6.45) is 15.1. The number of carbonyl (C=O) groups excluding carboxylic acids is 1. The van der Waals surface area contributed by atoms with Gasteiger partial charge in [-0.3, -0.25) is 10.6 Å². The first-order valence-corrected chi connectivity index (χ1v) is 16.7. The second-order valence-electron chi connectivity index (χ2n) is 12.5. The first kappa shape index (κ1) is 44.2. The van der Waals surface area contributed by atoms with E-state index >= 15 is 0 Å². The zero-order chi connectivity index (χ0) is 35.1. The van der Waals surface area contributed by atoms with E-state index < -0.39 is 0 Å². The third-order valence-corrected chi connectivity index (χ3v) is 8.85. The standard InChI is InChI=1S/C18H24S.C16H31N5O.C4H10/c1-7-14(3)17(4,5)18(6,19)16(8-2)15-12-10-9-11-13-15;1-4-14(5-2)16(22)21(6-3)11-9-7-8-10-19-13-15(12-17)20-18;1-4(2)3/h1,9-13,16,19H,3,8H2,2,4-6H3;4,6,12,14,19-20H,1,3,5,7-11,13,17-18H2,2H3;4H,1-3H3/b;15-12-;. The molecule has 6 N–H and O–H groups in total. The van der Waals surface area contributed by atoms with Gasteiger partial charge >= 0.3 is 0 Å². The van der Waals surface area contributed by atoms with Crippen LogP contribution in [0.15, 0.2) is 79.8 Å². The molecule has 1 aromatic carbocycles. The lowest BCUT2D eigenvalue weighted by atomic mass is 9.65. The molecule has 7 heteroatoms. The zero-order valence-electron chi connectivity index (χ0n) is 29.7. The van der Waals surface area contributed by atoms with E-state index in [4.69, 9.17) is 30.6 Å². The third kappa shape index (κ3) is 16.3. The van der Waals surface area contributed by atoms with Crippen molar-refractivity contribution in [3.05, 3.63) is 85.4 Å². The van der Waals surface area contributed by atoms with Gasteiger partial charge in [0.15, 0.2) is 0 Å². The van der Waals surface area contributed by atoms with Crippen LogP contribution in [-0.2, 0) is 4.79 Å². The van der Waals surface area contributed by atoms with Crippen LogP contribution in [0.3, 0.4) is 0 Å². The fourth-order valence-electron chi connectivity index (χ4n) is 4.60. The van der Waals surface area contributed by atoms with Crippen LogP contribution in [0.4, 0.5) is 0 Å². The number of rotatable bonds is 18. The molecule has 0 saturated carbocycles. The van der Waals surface area contributed by atoms with Gasteiger partial charge in [-0.1, -0.05) is 110 Å². The van der Waals surface area contributed by atoms with Gasteiger partial charge in [0.05, 0.1) is 11.6 Å². The van der Waals surface area contributed by atoms with Crippen molar-refractivity contribution in [1.29, 1.82) is 0 Å². The Morgan fingerprint density at radius 2 is 1.67 bits per heavy atom. The molecule has 45 heavy (non-hydrogen) atoms. The Balaban J connectivity index is 0. The molecule has 0 aliphatic rings. The summed E-state index contributed by atoms with van der Waals surface area (Å²) in [7, 11) is 0. The molecule has 0 aliphatic heterocycles. The number of nitrogens with zero attached hydrogens (tertiary/aromatic N) is 1. The van der Waals surface area contributed by atoms with Crippen molar-refractivity contribution in [3.8, 4) is 12.3 Å². The van der Waals surface area contributed by atoms with Crippen molar-refractivity contribution in [2.45, 2.75) is 98.2 Å². The maximum atomic E-state index is 12.2. The molecular formula is C38H65N5OS. The first-order valence-electron chi connectivity index (χ1n) is 16.2. The molecular weight excluding hydrogens is 575 g/mol. The molecule has 0 aromatic heterocycles. The van der Waals surface area contributed by atoms with Crippen LogP contribution in [0.25, 0.3) is 0 Å². The Kier molecular flexibility index (Phi) is 23.9. The molecule has 3 unspecified atom stereocenters. The van der Waals surface area contributed by atoms with Gasteiger partial charge in [-0.25, -0.2) is 0 Å². The number of amides is 1. The highest BCUT2D eigenvalue weighted by molar-refractivity contribution is 7.81. The molecule has 0 radical (unpaired) electrons. The number of thiol groups is 1. The summed E-state index contributed by atoms with van der Waals surface area (Å²) >= 11 is 4.99. The largest absolute Gasteiger partial charge is 0.403 e. The molecule has 1 amide bonds. The van der Waals surface area contributed by atoms with Crippen LogP contribution in [0, 0.1) is 29.6 Å². The van der Waals surface area contributed by atoms with Gasteiger partial charge < -0.3 is 21.4 Å². The molecule has 6 nitrogen and oxygen atoms in total. The fourth-order valence-corrected chi connectivity index (χ4v) is 5.07. The topological polar surface area (TPSA) is 96.4 Å². The fraction of sp³-hybridized carbons (Fsp3) is 0.553. The smallest absolute Gasteiger partial charge is 0.233 e. The number of hydrazine groups is 1. The Labute approximate surface area is 282 Å². The van der Waals surface area contributed by atoms with E-state index in [1.54, 1.807) is 17.2 Å². The molecule has 0 saturated heterocycles. The number of hydrogen-bond donors (Lipinski definition) is 5. The number of nitrogens with one attached hydrogen (secondary N) is 2. The van der Waals surface area contributed by atoms with Crippen molar-refractivity contribution < 1.29 is 4.79 Å². The van der Waals surface area contributed by atoms with E-state index in [2.05, 4.69) is 109 Å². The molecule has 1 aromatic rings. The summed E-state index contributed by atoms with van der Waals surface area (Å²) in [6, 6.07) is 10.5. The summed E-state index contributed by atoms with van der Waals surface area (Å²) in [6.45, 7) is 30.8. The van der Waals surface area contributed by atoms with E-state index in [9.17, 15) is 4.79 Å². The van der Waals surface area contributed by atoms with Crippen molar-refractivity contribution in [2.75, 3.05) is 19.6 Å². The molecule has 0 bridgehead atoms. The Hall–Kier alpha value is -2.92. The minimum Gasteiger partial charge on any atom is -0.403 e. The van der Waals surface area contributed by atoms with Crippen LogP contribution >= 0.6 is 12.6 Å². The van der Waals surface area contributed by atoms with Gasteiger partial charge in [-0.15, -0.1) is 13.0 Å². The van der Waals surface area contributed by atoms with Crippen molar-refractivity contribution in [1.82, 2.24) is 15.6 Å². The van der Waals surface area contributed by atoms with E-state index in [1.807, 2.05) is 13.0 Å². The predicted octanol–water partition coefficient (Wildman–Crippen LogP) is 7.94. The average Bonchev–Trinajstić information content (AvgIpc) is 3.01. The summed E-state index contributed by atoms with van der Waals surface area (Å²) in [5, 5.41) is 3.24. The number of unbranched alkanes of at least 4 members (excludes halogenated alkanes) is 2. The maximum absolute atomic E-state index is 12.2. The van der Waals surface area contributed by atoms with Crippen LogP contribution in [0.1, 0.15) is 99.0 Å². The lowest BCUT2D eigenvalue weighted by Crippen LogP contribution is -2.43. The minimum atomic E-state index is -0.257. The highest BCUT2D eigenvalue weighted by Gasteiger charge is 2.45. The SMILES string of the molecule is C#CC(=C)C(C)(C)C(C)(S)C(CC)c1ccccc1.C=CC(CC)C(=O)N(C=C)CCCCCNC/C(=C/N)NN.CC(C)C. The second-order valence-corrected chi connectivity index (χ2v) is 13.5. The molecule has 1 rings (SSSR count). The minimum absolute atomic E-state index is 0.0809. The Bertz CT molecular complexity index is 1050. The number of carbonyl (C=O) groups is 1. The van der Waals surface area contributed by atoms with Gasteiger partial charge in [-0.05, 0) is 62.8 Å². The number of terminal acetylenes is 1. The number of benzene rings is 1. The summed E-state index contributed by atoms with van der Waals surface area (Å²) in [5.74, 6) is 9.10. The lowest BCUT2D eigenvalue weighted by molar-refractivity contribution is -0.131. The van der Waals surface area contributed by atoms with E-state index in [0.717, 1.165) is 55.8 Å². The van der Waals surface area contributed by atoms with E-state index in [0.29, 0.717) is 19.0 Å². The van der Waals surface area contributed by atoms with Crippen LogP contribution < -0.4 is 22.3 Å². The number of hydrogen-bond acceptors (Lipinski definition) is 6. The molecule has 0 spiro atoms. The number of allylic oxidation sites excluding steroid dienone is 1. The molecule has 3 atom stereocenters. The van der Waals surface area contributed by atoms with E-state index in [-0.39, 0.29) is 22.0 Å². The van der Waals surface area contributed by atoms with Crippen molar-refractivity contribution in [2.24, 2.45) is 28.8 Å². The molecule has 254 valence electrons. The second kappa shape index (κ2) is 24.3. The molecule has 0 heterocycles. The monoisotopic (exact) mass is 639 g/mol. The van der Waals surface area contributed by atoms with Gasteiger partial charge in [0.25, 0.3) is 0 Å². The van der Waals surface area contributed by atoms with Gasteiger partial charge in [-0.2, -0.15) is 12.6 Å². The van der Waals surface area contributed by atoms with Crippen LogP contribution in [0.5, 0.6) is 0 Å². The quantitative estimate of drug-likeness (QED) is 0.0281. The van der Waals surface area contributed by atoms with Crippen molar-refractivity contribution in [3.63, 3.8) is 0 Å². The maximum Gasteiger partial charge on any atom is 0.233 e. The molecule has 0 aliphatic carbocycles. The summed E-state index contributed by atoms with van der Waals surface area (Å²) in [5.41, 5.74) is 10.5. The first-order chi connectivity index (χ1) is 21.2. The average molecular weight is 640 g/mol. The van der Waals surface area contributed by atoms with Gasteiger partial charge in [0, 0.05) is 35.0 Å². The number of nitrogens with two attached hydrogens (primary N) is 2. The summed E-state index contributed by atoms with van der Waals surface area (Å²) < 4.78 is -0.257. The van der Waals surface area contributed by atoms with Gasteiger partial charge in [0.2, 0.25) is 5.91 Å². The zero-order valence-corrected chi connectivity index (χ0v) is 30.6. The Morgan fingerprint density at radius 3 is 2.09 bits per heavy atom. The normalized spacial score (nSPS) is 13.8. The van der Waals surface area contributed by atoms with Gasteiger partial charge in [0.1, 0.15) is 0 Å². The van der Waals surface area contributed by atoms with Crippen LogP contribution in [0.2, 0.25) is 0 Å². The van der Waals surface area contributed by atoms with Crippen molar-refractivity contribution >= 4 is 18.5 Å². The highest BCUT2D eigenvalue weighted by atomic mass is 32.1. The predicted molar refractivity (Wildman–Crippen MR) is 201 cm³/mol. The summed E-state index contributed by atoms with van der Waals surface area (Å²) in [4.78, 5) is 13.9. The lowest BCUT2D eigenvalue weighted by Gasteiger charge is -2.46. The Morgan fingerprint density at radius 1 is 1.09 bits per heavy atom. The van der Waals surface area contributed by atoms with Crippen LogP contribution in [-0.4, -0.2) is 35.2 Å².